The second-order valence-corrected chi connectivity index (χ2v) is 6.54. The molecule has 4 heterocycles. The fourth-order valence-electron chi connectivity index (χ4n) is 2.99. The number of imidazole rings is 2. The van der Waals surface area contributed by atoms with Gasteiger partial charge in [0.1, 0.15) is 11.0 Å². The molecular formula is C16H16N10O4. The first-order valence-corrected chi connectivity index (χ1v) is 8.58. The predicted molar refractivity (Wildman–Crippen MR) is 108 cm³/mol. The van der Waals surface area contributed by atoms with Gasteiger partial charge in [0.05, 0.1) is 12.4 Å². The molecule has 0 fully saturated rings. The minimum absolute atomic E-state index is 0.166. The van der Waals surface area contributed by atoms with E-state index >= 15 is 0 Å². The molecule has 0 bridgehead atoms. The molecule has 0 radical (unpaired) electrons. The highest BCUT2D eigenvalue weighted by molar-refractivity contribution is 5.84. The zero-order valence-corrected chi connectivity index (χ0v) is 16.4. The van der Waals surface area contributed by atoms with Crippen LogP contribution in [0.2, 0.25) is 0 Å². The van der Waals surface area contributed by atoms with Crippen molar-refractivity contribution in [1.82, 2.24) is 38.2 Å². The smallest absolute Gasteiger partial charge is 0.331 e. The Morgan fingerprint density at radius 1 is 0.667 bits per heavy atom. The number of fused-ring (bicyclic) bond motifs is 2. The Hall–Kier alpha value is -4.36. The van der Waals surface area contributed by atoms with Gasteiger partial charge in [0.25, 0.3) is 11.1 Å². The quantitative estimate of drug-likeness (QED) is 0.283. The fourth-order valence-corrected chi connectivity index (χ4v) is 2.99. The van der Waals surface area contributed by atoms with Crippen molar-refractivity contribution in [3.63, 3.8) is 0 Å². The van der Waals surface area contributed by atoms with Gasteiger partial charge in [0.15, 0.2) is 22.9 Å². The zero-order valence-electron chi connectivity index (χ0n) is 16.4. The number of aromatic amines is 2. The third-order valence-electron chi connectivity index (χ3n) is 4.65. The van der Waals surface area contributed by atoms with Crippen molar-refractivity contribution in [3.8, 4) is 0 Å². The number of aromatic nitrogens is 8. The van der Waals surface area contributed by atoms with E-state index in [9.17, 15) is 19.2 Å². The Bertz CT molecular complexity index is 1500. The highest BCUT2D eigenvalue weighted by Gasteiger charge is 2.13. The van der Waals surface area contributed by atoms with Gasteiger partial charge in [-0.1, -0.05) is 0 Å². The van der Waals surface area contributed by atoms with E-state index in [0.29, 0.717) is 0 Å². The first kappa shape index (κ1) is 19.0. The van der Waals surface area contributed by atoms with E-state index in [0.717, 1.165) is 9.13 Å². The van der Waals surface area contributed by atoms with Crippen molar-refractivity contribution < 1.29 is 0 Å². The van der Waals surface area contributed by atoms with Crippen LogP contribution in [-0.2, 0) is 28.2 Å². The third-order valence-corrected chi connectivity index (χ3v) is 4.65. The number of nitrogens with zero attached hydrogens (tertiary/aromatic N) is 8. The van der Waals surface area contributed by atoms with Crippen LogP contribution < -0.4 is 22.5 Å². The van der Waals surface area contributed by atoms with E-state index in [1.807, 2.05) is 0 Å². The first-order chi connectivity index (χ1) is 14.2. The molecule has 0 unspecified atom stereocenters. The number of hydrogen-bond donors (Lipinski definition) is 2. The standard InChI is InChI=1S/C16H16N10O4/c1-23-11-9(13(27)25(3)15(23)29)19-7(21-11)5-17-18-6-8-20-10-12(22-8)24(2)16(30)26(4)14(10)28/h5-6H,1-4H3,(H,19,21)(H,20,22)/b17-5-,18-6-. The SMILES string of the molecule is Cn1c(=O)c2[nH]c(/C=N\N=C/c3nc4c([nH]3)c(=O)n(C)c(=O)n4C)nc2n(C)c1=O. The molecule has 14 heteroatoms. The zero-order chi connectivity index (χ0) is 21.7. The molecule has 0 atom stereocenters. The van der Waals surface area contributed by atoms with Gasteiger partial charge in [-0.2, -0.15) is 10.2 Å². The van der Waals surface area contributed by atoms with Crippen LogP contribution in [0.15, 0.2) is 29.4 Å². The summed E-state index contributed by atoms with van der Waals surface area (Å²) in [6.45, 7) is 0. The van der Waals surface area contributed by atoms with Crippen molar-refractivity contribution in [1.29, 1.82) is 0 Å². The number of rotatable bonds is 3. The molecule has 0 aromatic carbocycles. The van der Waals surface area contributed by atoms with E-state index in [4.69, 9.17) is 0 Å². The van der Waals surface area contributed by atoms with Gasteiger partial charge in [0.2, 0.25) is 0 Å². The topological polar surface area (TPSA) is 170 Å². The average molecular weight is 412 g/mol. The lowest BCUT2D eigenvalue weighted by Gasteiger charge is -2.00. The van der Waals surface area contributed by atoms with Crippen molar-refractivity contribution in [3.05, 3.63) is 53.3 Å². The maximum atomic E-state index is 12.2. The Labute approximate surface area is 165 Å². The summed E-state index contributed by atoms with van der Waals surface area (Å²) in [4.78, 5) is 62.1. The molecule has 4 rings (SSSR count). The molecule has 2 N–H and O–H groups in total. The van der Waals surface area contributed by atoms with Gasteiger partial charge in [-0.3, -0.25) is 27.9 Å². The summed E-state index contributed by atoms with van der Waals surface area (Å²) in [6.07, 6.45) is 2.52. The second-order valence-electron chi connectivity index (χ2n) is 6.54. The van der Waals surface area contributed by atoms with E-state index in [1.54, 1.807) is 0 Å². The van der Waals surface area contributed by atoms with Gasteiger partial charge >= 0.3 is 11.4 Å². The van der Waals surface area contributed by atoms with Crippen LogP contribution in [0, 0.1) is 0 Å². The van der Waals surface area contributed by atoms with Crippen molar-refractivity contribution in [2.45, 2.75) is 0 Å². The molecular weight excluding hydrogens is 396 g/mol. The number of H-pyrrole nitrogens is 2. The van der Waals surface area contributed by atoms with Gasteiger partial charge in [-0.15, -0.1) is 0 Å². The Morgan fingerprint density at radius 2 is 1.03 bits per heavy atom. The largest absolute Gasteiger partial charge is 0.332 e. The summed E-state index contributed by atoms with van der Waals surface area (Å²) < 4.78 is 4.43. The second kappa shape index (κ2) is 6.61. The van der Waals surface area contributed by atoms with Gasteiger partial charge in [-0.05, 0) is 0 Å². The van der Waals surface area contributed by atoms with Gasteiger partial charge in [0, 0.05) is 28.2 Å². The summed E-state index contributed by atoms with van der Waals surface area (Å²) in [7, 11) is 5.76. The minimum Gasteiger partial charge on any atom is -0.331 e. The highest BCUT2D eigenvalue weighted by Crippen LogP contribution is 2.04. The van der Waals surface area contributed by atoms with Crippen LogP contribution in [0.4, 0.5) is 0 Å². The Morgan fingerprint density at radius 3 is 1.40 bits per heavy atom. The van der Waals surface area contributed by atoms with Crippen molar-refractivity contribution in [2.24, 2.45) is 38.4 Å². The Kier molecular flexibility index (Phi) is 4.18. The van der Waals surface area contributed by atoms with Gasteiger partial charge in [-0.25, -0.2) is 19.6 Å². The van der Waals surface area contributed by atoms with Crippen LogP contribution in [0.1, 0.15) is 11.6 Å². The van der Waals surface area contributed by atoms with Crippen LogP contribution >= 0.6 is 0 Å². The fraction of sp³-hybridized carbons (Fsp3) is 0.250. The van der Waals surface area contributed by atoms with Crippen molar-refractivity contribution >= 4 is 34.8 Å². The van der Waals surface area contributed by atoms with E-state index in [1.165, 1.54) is 49.8 Å². The molecule has 0 amide bonds. The highest BCUT2D eigenvalue weighted by atomic mass is 16.2. The maximum absolute atomic E-state index is 12.2. The third kappa shape index (κ3) is 2.73. The predicted octanol–water partition coefficient (Wildman–Crippen LogP) is -2.31. The van der Waals surface area contributed by atoms with E-state index in [-0.39, 0.29) is 34.0 Å². The summed E-state index contributed by atoms with van der Waals surface area (Å²) in [5, 5.41) is 7.66. The molecule has 0 aliphatic carbocycles. The molecule has 4 aromatic heterocycles. The monoisotopic (exact) mass is 412 g/mol. The van der Waals surface area contributed by atoms with Crippen LogP contribution in [-0.4, -0.2) is 50.6 Å². The number of aryl methyl sites for hydroxylation is 2. The summed E-state index contributed by atoms with van der Waals surface area (Å²) in [6, 6.07) is 0. The maximum Gasteiger partial charge on any atom is 0.332 e. The van der Waals surface area contributed by atoms with E-state index in [2.05, 4.69) is 30.1 Å². The molecule has 4 aromatic rings. The minimum atomic E-state index is -0.502. The normalized spacial score (nSPS) is 12.3. The molecule has 0 aliphatic heterocycles. The summed E-state index contributed by atoms with van der Waals surface area (Å²) in [5.74, 6) is 0.447. The van der Waals surface area contributed by atoms with Crippen LogP contribution in [0.5, 0.6) is 0 Å². The van der Waals surface area contributed by atoms with Crippen LogP contribution in [0.25, 0.3) is 22.3 Å². The molecule has 30 heavy (non-hydrogen) atoms. The summed E-state index contributed by atoms with van der Waals surface area (Å²) in [5.41, 5.74) is -1.27. The van der Waals surface area contributed by atoms with E-state index < -0.39 is 22.5 Å². The molecule has 0 saturated carbocycles. The molecule has 0 spiro atoms. The first-order valence-electron chi connectivity index (χ1n) is 8.58. The molecule has 0 saturated heterocycles. The number of nitrogens with one attached hydrogen (secondary N) is 2. The molecule has 0 aliphatic rings. The summed E-state index contributed by atoms with van der Waals surface area (Å²) >= 11 is 0. The van der Waals surface area contributed by atoms with Crippen LogP contribution in [0.3, 0.4) is 0 Å². The number of hydrogen-bond acceptors (Lipinski definition) is 8. The lowest BCUT2D eigenvalue weighted by molar-refractivity contribution is 0.709. The Balaban J connectivity index is 1.67. The van der Waals surface area contributed by atoms with Crippen molar-refractivity contribution in [2.75, 3.05) is 0 Å². The average Bonchev–Trinajstić information content (AvgIpc) is 3.35. The molecule has 14 nitrogen and oxygen atoms in total. The van der Waals surface area contributed by atoms with Gasteiger partial charge < -0.3 is 9.97 Å². The molecule has 154 valence electrons. The lowest BCUT2D eigenvalue weighted by atomic mass is 10.5. The lowest BCUT2D eigenvalue weighted by Crippen LogP contribution is -2.36.